The minimum atomic E-state index is -0.323. The van der Waals surface area contributed by atoms with Crippen LogP contribution in [0.15, 0.2) is 48.5 Å². The normalized spacial score (nSPS) is 11.0. The van der Waals surface area contributed by atoms with E-state index < -0.39 is 0 Å². The van der Waals surface area contributed by atoms with Crippen LogP contribution in [-0.2, 0) is 9.53 Å². The van der Waals surface area contributed by atoms with E-state index in [1.54, 1.807) is 38.1 Å². The number of ether oxygens (including phenoxy) is 1. The van der Waals surface area contributed by atoms with Crippen LogP contribution in [0.3, 0.4) is 0 Å². The maximum absolute atomic E-state index is 13.1. The third-order valence-electron chi connectivity index (χ3n) is 3.08. The van der Waals surface area contributed by atoms with E-state index in [0.717, 1.165) is 11.1 Å². The molecule has 0 radical (unpaired) electrons. The van der Waals surface area contributed by atoms with Gasteiger partial charge in [0.2, 0.25) is 0 Å². The molecule has 0 aliphatic carbocycles. The summed E-state index contributed by atoms with van der Waals surface area (Å²) in [5.74, 6) is -0.789. The van der Waals surface area contributed by atoms with E-state index in [2.05, 4.69) is 0 Å². The first-order valence-electron chi connectivity index (χ1n) is 7.27. The van der Waals surface area contributed by atoms with Crippen LogP contribution < -0.4 is 0 Å². The van der Waals surface area contributed by atoms with Gasteiger partial charge in [0.25, 0.3) is 0 Å². The number of hydrogen-bond acceptors (Lipinski definition) is 3. The molecule has 0 saturated carbocycles. The predicted octanol–water partition coefficient (Wildman–Crippen LogP) is 4.74. The van der Waals surface area contributed by atoms with Crippen molar-refractivity contribution in [1.29, 1.82) is 0 Å². The summed E-state index contributed by atoms with van der Waals surface area (Å²) in [6.07, 6.45) is -0.168. The van der Waals surface area contributed by atoms with Gasteiger partial charge in [-0.2, -0.15) is 0 Å². The van der Waals surface area contributed by atoms with Gasteiger partial charge < -0.3 is 4.74 Å². The molecule has 0 N–H and O–H groups in total. The number of carbonyl (C=O) groups excluding carboxylic acids is 1. The summed E-state index contributed by atoms with van der Waals surface area (Å²) < 4.78 is 31.4. The van der Waals surface area contributed by atoms with Crippen molar-refractivity contribution in [2.75, 3.05) is 5.75 Å². The predicted molar refractivity (Wildman–Crippen MR) is 88.3 cm³/mol. The molecular weight excluding hydrogens is 318 g/mol. The van der Waals surface area contributed by atoms with Gasteiger partial charge in [-0.05, 0) is 49.2 Å². The van der Waals surface area contributed by atoms with Crippen molar-refractivity contribution in [2.45, 2.75) is 25.2 Å². The SMILES string of the molecule is CC(C)OC(=O)CSC(c1ccc(F)cc1)c1ccc(F)cc1. The third-order valence-corrected chi connectivity index (χ3v) is 4.36. The van der Waals surface area contributed by atoms with Crippen LogP contribution in [0.5, 0.6) is 0 Å². The van der Waals surface area contributed by atoms with Crippen molar-refractivity contribution in [1.82, 2.24) is 0 Å². The Hall–Kier alpha value is -1.88. The second-order valence-corrected chi connectivity index (χ2v) is 6.43. The van der Waals surface area contributed by atoms with Gasteiger partial charge >= 0.3 is 5.97 Å². The zero-order valence-electron chi connectivity index (χ0n) is 13.0. The van der Waals surface area contributed by atoms with Crippen molar-refractivity contribution < 1.29 is 18.3 Å². The van der Waals surface area contributed by atoms with Crippen LogP contribution in [-0.4, -0.2) is 17.8 Å². The van der Waals surface area contributed by atoms with Gasteiger partial charge in [-0.1, -0.05) is 24.3 Å². The number of rotatable bonds is 6. The summed E-state index contributed by atoms with van der Waals surface area (Å²) in [5.41, 5.74) is 1.70. The molecule has 122 valence electrons. The highest BCUT2D eigenvalue weighted by atomic mass is 32.2. The van der Waals surface area contributed by atoms with Crippen LogP contribution in [0.2, 0.25) is 0 Å². The minimum absolute atomic E-state index is 0.164. The number of hydrogen-bond donors (Lipinski definition) is 0. The molecule has 0 spiro atoms. The molecular formula is C18H18F2O2S. The lowest BCUT2D eigenvalue weighted by atomic mass is 10.0. The number of carbonyl (C=O) groups is 1. The van der Waals surface area contributed by atoms with Gasteiger partial charge in [0.05, 0.1) is 17.1 Å². The Kier molecular flexibility index (Phi) is 6.16. The summed E-state index contributed by atoms with van der Waals surface area (Å²) in [6.45, 7) is 3.58. The van der Waals surface area contributed by atoms with E-state index in [0.29, 0.717) is 0 Å². The topological polar surface area (TPSA) is 26.3 Å². The van der Waals surface area contributed by atoms with Crippen molar-refractivity contribution in [3.05, 3.63) is 71.3 Å². The first-order valence-corrected chi connectivity index (χ1v) is 8.32. The molecule has 23 heavy (non-hydrogen) atoms. The van der Waals surface area contributed by atoms with Crippen molar-refractivity contribution >= 4 is 17.7 Å². The zero-order valence-corrected chi connectivity index (χ0v) is 13.8. The largest absolute Gasteiger partial charge is 0.462 e. The van der Waals surface area contributed by atoms with Gasteiger partial charge in [-0.15, -0.1) is 11.8 Å². The molecule has 0 aliphatic heterocycles. The van der Waals surface area contributed by atoms with Gasteiger partial charge in [0, 0.05) is 0 Å². The molecule has 0 atom stereocenters. The van der Waals surface area contributed by atoms with Crippen LogP contribution >= 0.6 is 11.8 Å². The lowest BCUT2D eigenvalue weighted by Gasteiger charge is -2.18. The molecule has 5 heteroatoms. The van der Waals surface area contributed by atoms with Crippen molar-refractivity contribution in [2.24, 2.45) is 0 Å². The number of thioether (sulfide) groups is 1. The fraction of sp³-hybridized carbons (Fsp3) is 0.278. The summed E-state index contributed by atoms with van der Waals surface area (Å²) in [4.78, 5) is 11.8. The third kappa shape index (κ3) is 5.36. The summed E-state index contributed by atoms with van der Waals surface area (Å²) >= 11 is 1.37. The average Bonchev–Trinajstić information content (AvgIpc) is 2.50. The smallest absolute Gasteiger partial charge is 0.316 e. The first kappa shape index (κ1) is 17.5. The lowest BCUT2D eigenvalue weighted by molar-refractivity contribution is -0.144. The highest BCUT2D eigenvalue weighted by Crippen LogP contribution is 2.35. The maximum atomic E-state index is 13.1. The number of halogens is 2. The molecule has 2 aromatic rings. The Morgan fingerprint density at radius 1 is 0.957 bits per heavy atom. The average molecular weight is 336 g/mol. The zero-order chi connectivity index (χ0) is 16.8. The van der Waals surface area contributed by atoms with Crippen LogP contribution in [0.4, 0.5) is 8.78 Å². The van der Waals surface area contributed by atoms with Crippen molar-refractivity contribution in [3.63, 3.8) is 0 Å². The highest BCUT2D eigenvalue weighted by molar-refractivity contribution is 8.00. The summed E-state index contributed by atoms with van der Waals surface area (Å²) in [5, 5.41) is -0.198. The highest BCUT2D eigenvalue weighted by Gasteiger charge is 2.18. The van der Waals surface area contributed by atoms with E-state index in [-0.39, 0.29) is 34.7 Å². The lowest BCUT2D eigenvalue weighted by Crippen LogP contribution is -2.14. The van der Waals surface area contributed by atoms with Gasteiger partial charge in [0.1, 0.15) is 11.6 Å². The molecule has 0 aliphatic rings. The standard InChI is InChI=1S/C18H18F2O2S/c1-12(2)22-17(21)11-23-18(13-3-7-15(19)8-4-13)14-5-9-16(20)10-6-14/h3-10,12,18H,11H2,1-2H3. The van der Waals surface area contributed by atoms with E-state index >= 15 is 0 Å². The number of benzene rings is 2. The Bertz CT molecular complexity index is 594. The Morgan fingerprint density at radius 3 is 1.78 bits per heavy atom. The molecule has 0 bridgehead atoms. The maximum Gasteiger partial charge on any atom is 0.316 e. The molecule has 0 fully saturated rings. The fourth-order valence-corrected chi connectivity index (χ4v) is 3.18. The van der Waals surface area contributed by atoms with Crippen LogP contribution in [0.25, 0.3) is 0 Å². The molecule has 0 unspecified atom stereocenters. The molecule has 2 aromatic carbocycles. The Balaban J connectivity index is 2.19. The number of esters is 1. The van der Waals surface area contributed by atoms with E-state index in [4.69, 9.17) is 4.74 Å². The molecule has 0 saturated heterocycles. The second-order valence-electron chi connectivity index (χ2n) is 5.33. The fourth-order valence-electron chi connectivity index (χ4n) is 2.11. The quantitative estimate of drug-likeness (QED) is 0.713. The molecule has 0 aromatic heterocycles. The Morgan fingerprint density at radius 2 is 1.39 bits per heavy atom. The first-order chi connectivity index (χ1) is 11.0. The van der Waals surface area contributed by atoms with E-state index in [9.17, 15) is 13.6 Å². The van der Waals surface area contributed by atoms with E-state index in [1.165, 1.54) is 36.0 Å². The van der Waals surface area contributed by atoms with E-state index in [1.807, 2.05) is 0 Å². The summed E-state index contributed by atoms with van der Waals surface area (Å²) in [6, 6.07) is 12.2. The molecule has 0 heterocycles. The van der Waals surface area contributed by atoms with Crippen LogP contribution in [0.1, 0.15) is 30.2 Å². The Labute approximate surface area is 138 Å². The second kappa shape index (κ2) is 8.11. The van der Waals surface area contributed by atoms with Crippen molar-refractivity contribution in [3.8, 4) is 0 Å². The van der Waals surface area contributed by atoms with Crippen LogP contribution in [0, 0.1) is 11.6 Å². The van der Waals surface area contributed by atoms with Gasteiger partial charge in [-0.25, -0.2) is 8.78 Å². The molecule has 2 nitrogen and oxygen atoms in total. The van der Waals surface area contributed by atoms with Gasteiger partial charge in [0.15, 0.2) is 0 Å². The molecule has 2 rings (SSSR count). The minimum Gasteiger partial charge on any atom is -0.462 e. The molecule has 0 amide bonds. The van der Waals surface area contributed by atoms with Gasteiger partial charge in [-0.3, -0.25) is 4.79 Å². The summed E-state index contributed by atoms with van der Waals surface area (Å²) in [7, 11) is 0. The monoisotopic (exact) mass is 336 g/mol.